The molecule has 1 unspecified atom stereocenters. The van der Waals surface area contributed by atoms with Gasteiger partial charge in [-0.1, -0.05) is 13.8 Å². The van der Waals surface area contributed by atoms with Gasteiger partial charge in [-0.3, -0.25) is 0 Å². The van der Waals surface area contributed by atoms with E-state index in [9.17, 15) is 8.42 Å². The lowest BCUT2D eigenvalue weighted by Gasteiger charge is -2.29. The predicted octanol–water partition coefficient (Wildman–Crippen LogP) is 0.284. The minimum atomic E-state index is -3.52. The Morgan fingerprint density at radius 2 is 2.00 bits per heavy atom. The van der Waals surface area contributed by atoms with Gasteiger partial charge in [0.1, 0.15) is 5.82 Å². The van der Waals surface area contributed by atoms with Crippen molar-refractivity contribution < 1.29 is 13.2 Å². The molecule has 1 fully saturated rings. The zero-order chi connectivity index (χ0) is 14.8. The van der Waals surface area contributed by atoms with E-state index in [1.54, 1.807) is 6.20 Å². The summed E-state index contributed by atoms with van der Waals surface area (Å²) in [6, 6.07) is -0.345. The van der Waals surface area contributed by atoms with Gasteiger partial charge in [0.25, 0.3) is 10.2 Å². The summed E-state index contributed by atoms with van der Waals surface area (Å²) in [6.07, 6.45) is 3.49. The summed E-state index contributed by atoms with van der Waals surface area (Å²) in [6.45, 7) is 5.61. The van der Waals surface area contributed by atoms with Crippen molar-refractivity contribution in [2.75, 3.05) is 26.3 Å². The van der Waals surface area contributed by atoms with Crippen LogP contribution in [-0.2, 0) is 22.0 Å². The summed E-state index contributed by atoms with van der Waals surface area (Å²) in [5.41, 5.74) is 0. The number of aryl methyl sites for hydroxylation is 1. The summed E-state index contributed by atoms with van der Waals surface area (Å²) in [4.78, 5) is 4.26. The van der Waals surface area contributed by atoms with Crippen LogP contribution >= 0.6 is 0 Å². The molecule has 0 aliphatic carbocycles. The van der Waals surface area contributed by atoms with Crippen LogP contribution in [0, 0.1) is 5.92 Å². The summed E-state index contributed by atoms with van der Waals surface area (Å²) < 4.78 is 36.1. The quantitative estimate of drug-likeness (QED) is 0.848. The Kier molecular flexibility index (Phi) is 4.79. The minimum Gasteiger partial charge on any atom is -0.379 e. The number of rotatable bonds is 5. The lowest BCUT2D eigenvalue weighted by Crippen LogP contribution is -2.48. The van der Waals surface area contributed by atoms with Gasteiger partial charge in [-0.2, -0.15) is 17.4 Å². The van der Waals surface area contributed by atoms with E-state index in [1.165, 1.54) is 4.31 Å². The Balaban J connectivity index is 2.18. The highest BCUT2D eigenvalue weighted by atomic mass is 32.2. The first-order valence-electron chi connectivity index (χ1n) is 6.74. The SMILES string of the molecule is CC(C)C(NS(=O)(=O)N1CCOCC1)c1nccn1C. The molecular weight excluding hydrogens is 280 g/mol. The molecule has 8 heteroatoms. The molecule has 0 spiro atoms. The molecule has 1 N–H and O–H groups in total. The maximum atomic E-state index is 12.4. The Morgan fingerprint density at radius 3 is 2.50 bits per heavy atom. The predicted molar refractivity (Wildman–Crippen MR) is 75.2 cm³/mol. The number of nitrogens with zero attached hydrogens (tertiary/aromatic N) is 3. The molecule has 0 bridgehead atoms. The zero-order valence-corrected chi connectivity index (χ0v) is 12.9. The van der Waals surface area contributed by atoms with Gasteiger partial charge in [-0.25, -0.2) is 4.98 Å². The molecule has 2 rings (SSSR count). The molecule has 1 atom stereocenters. The van der Waals surface area contributed by atoms with Crippen molar-refractivity contribution in [3.8, 4) is 0 Å². The van der Waals surface area contributed by atoms with Gasteiger partial charge in [0.05, 0.1) is 19.3 Å². The first kappa shape index (κ1) is 15.4. The molecule has 0 radical (unpaired) electrons. The summed E-state index contributed by atoms with van der Waals surface area (Å²) in [5, 5.41) is 0. The van der Waals surface area contributed by atoms with Crippen LogP contribution in [0.15, 0.2) is 12.4 Å². The standard InChI is InChI=1S/C12H22N4O3S/c1-10(2)11(12-13-4-5-15(12)3)14-20(17,18)16-6-8-19-9-7-16/h4-5,10-11,14H,6-9H2,1-3H3. The van der Waals surface area contributed by atoms with Crippen molar-refractivity contribution in [1.82, 2.24) is 18.6 Å². The lowest BCUT2D eigenvalue weighted by molar-refractivity contribution is 0.0721. The first-order chi connectivity index (χ1) is 9.42. The van der Waals surface area contributed by atoms with Crippen LogP contribution in [0.3, 0.4) is 0 Å². The minimum absolute atomic E-state index is 0.104. The van der Waals surface area contributed by atoms with Crippen LogP contribution in [0.2, 0.25) is 0 Å². The number of aromatic nitrogens is 2. The molecule has 114 valence electrons. The van der Waals surface area contributed by atoms with Crippen LogP contribution in [0.5, 0.6) is 0 Å². The van der Waals surface area contributed by atoms with Gasteiger partial charge >= 0.3 is 0 Å². The molecule has 1 saturated heterocycles. The number of hydrogen-bond acceptors (Lipinski definition) is 4. The largest absolute Gasteiger partial charge is 0.379 e. The van der Waals surface area contributed by atoms with Crippen molar-refractivity contribution in [3.63, 3.8) is 0 Å². The zero-order valence-electron chi connectivity index (χ0n) is 12.1. The third-order valence-corrected chi connectivity index (χ3v) is 4.99. The average molecular weight is 302 g/mol. The van der Waals surface area contributed by atoms with E-state index in [-0.39, 0.29) is 12.0 Å². The van der Waals surface area contributed by atoms with E-state index >= 15 is 0 Å². The van der Waals surface area contributed by atoms with Gasteiger partial charge in [-0.15, -0.1) is 0 Å². The fourth-order valence-corrected chi connectivity index (χ4v) is 3.66. The molecule has 0 saturated carbocycles. The van der Waals surface area contributed by atoms with Gasteiger partial charge in [0.2, 0.25) is 0 Å². The third kappa shape index (κ3) is 3.38. The van der Waals surface area contributed by atoms with Gasteiger partial charge < -0.3 is 9.30 Å². The molecule has 2 heterocycles. The van der Waals surface area contributed by atoms with Crippen LogP contribution in [-0.4, -0.2) is 48.6 Å². The van der Waals surface area contributed by atoms with Gasteiger partial charge in [0, 0.05) is 32.5 Å². The number of nitrogens with one attached hydrogen (secondary N) is 1. The van der Waals surface area contributed by atoms with Crippen molar-refractivity contribution in [2.45, 2.75) is 19.9 Å². The van der Waals surface area contributed by atoms with Crippen LogP contribution in [0.25, 0.3) is 0 Å². The molecule has 0 aromatic carbocycles. The van der Waals surface area contributed by atoms with E-state index in [2.05, 4.69) is 9.71 Å². The molecule has 0 amide bonds. The van der Waals surface area contributed by atoms with E-state index in [4.69, 9.17) is 4.74 Å². The van der Waals surface area contributed by atoms with E-state index in [1.807, 2.05) is 31.7 Å². The maximum Gasteiger partial charge on any atom is 0.280 e. The Hall–Kier alpha value is -0.960. The molecule has 1 aliphatic heterocycles. The van der Waals surface area contributed by atoms with Crippen molar-refractivity contribution in [1.29, 1.82) is 0 Å². The van der Waals surface area contributed by atoms with Gasteiger partial charge in [-0.05, 0) is 5.92 Å². The van der Waals surface area contributed by atoms with E-state index in [0.717, 1.165) is 5.82 Å². The normalized spacial score (nSPS) is 19.4. The third-order valence-electron chi connectivity index (χ3n) is 3.39. The molecular formula is C12H22N4O3S. The number of ether oxygens (including phenoxy) is 1. The topological polar surface area (TPSA) is 76.5 Å². The summed E-state index contributed by atoms with van der Waals surface area (Å²) in [7, 11) is -1.66. The Morgan fingerprint density at radius 1 is 1.35 bits per heavy atom. The second kappa shape index (κ2) is 6.21. The van der Waals surface area contributed by atoms with Crippen molar-refractivity contribution in [3.05, 3.63) is 18.2 Å². The van der Waals surface area contributed by atoms with Gasteiger partial charge in [0.15, 0.2) is 0 Å². The van der Waals surface area contributed by atoms with Crippen LogP contribution in [0.1, 0.15) is 25.7 Å². The second-order valence-electron chi connectivity index (χ2n) is 5.25. The number of morpholine rings is 1. The Labute approximate surface area is 120 Å². The highest BCUT2D eigenvalue weighted by molar-refractivity contribution is 7.87. The molecule has 1 aliphatic rings. The lowest BCUT2D eigenvalue weighted by atomic mass is 10.1. The monoisotopic (exact) mass is 302 g/mol. The molecule has 7 nitrogen and oxygen atoms in total. The maximum absolute atomic E-state index is 12.4. The van der Waals surface area contributed by atoms with Crippen molar-refractivity contribution >= 4 is 10.2 Å². The number of hydrogen-bond donors (Lipinski definition) is 1. The molecule has 1 aromatic heterocycles. The fourth-order valence-electron chi connectivity index (χ4n) is 2.19. The smallest absolute Gasteiger partial charge is 0.280 e. The highest BCUT2D eigenvalue weighted by Gasteiger charge is 2.30. The second-order valence-corrected chi connectivity index (χ2v) is 6.95. The summed E-state index contributed by atoms with van der Waals surface area (Å²) in [5.74, 6) is 0.823. The van der Waals surface area contributed by atoms with Crippen LogP contribution in [0.4, 0.5) is 0 Å². The van der Waals surface area contributed by atoms with Crippen molar-refractivity contribution in [2.24, 2.45) is 13.0 Å². The number of imidazole rings is 1. The van der Waals surface area contributed by atoms with E-state index < -0.39 is 10.2 Å². The van der Waals surface area contributed by atoms with E-state index in [0.29, 0.717) is 26.3 Å². The first-order valence-corrected chi connectivity index (χ1v) is 8.18. The fraction of sp³-hybridized carbons (Fsp3) is 0.750. The molecule has 1 aromatic rings. The highest BCUT2D eigenvalue weighted by Crippen LogP contribution is 2.21. The summed E-state index contributed by atoms with van der Waals surface area (Å²) >= 11 is 0. The van der Waals surface area contributed by atoms with Crippen LogP contribution < -0.4 is 4.72 Å². The molecule has 20 heavy (non-hydrogen) atoms. The average Bonchev–Trinajstić information content (AvgIpc) is 2.83. The Bertz CT molecular complexity index is 535.